The number of aromatic nitrogens is 4. The quantitative estimate of drug-likeness (QED) is 0.217. The van der Waals surface area contributed by atoms with Gasteiger partial charge in [0.1, 0.15) is 12.4 Å². The summed E-state index contributed by atoms with van der Waals surface area (Å²) in [5, 5.41) is 8.10. The molecule has 0 saturated carbocycles. The van der Waals surface area contributed by atoms with Gasteiger partial charge < -0.3 is 20.6 Å². The summed E-state index contributed by atoms with van der Waals surface area (Å²) >= 11 is 0. The van der Waals surface area contributed by atoms with Crippen LogP contribution in [0.2, 0.25) is 0 Å². The van der Waals surface area contributed by atoms with Crippen molar-refractivity contribution in [2.45, 2.75) is 38.8 Å². The van der Waals surface area contributed by atoms with Crippen LogP contribution in [0.5, 0.6) is 0 Å². The zero-order valence-electron chi connectivity index (χ0n) is 20.6. The van der Waals surface area contributed by atoms with Gasteiger partial charge in [0.05, 0.1) is 35.5 Å². The molecule has 0 spiro atoms. The first kappa shape index (κ1) is 22.5. The second-order valence-corrected chi connectivity index (χ2v) is 9.52. The van der Waals surface area contributed by atoms with Crippen LogP contribution in [0.1, 0.15) is 55.0 Å². The summed E-state index contributed by atoms with van der Waals surface area (Å²) in [7, 11) is 0. The first-order valence-electron chi connectivity index (χ1n) is 12.9. The summed E-state index contributed by atoms with van der Waals surface area (Å²) in [6, 6.07) is 19.3. The van der Waals surface area contributed by atoms with Crippen molar-refractivity contribution in [1.29, 1.82) is 0 Å². The maximum absolute atomic E-state index is 4.86. The van der Waals surface area contributed by atoms with Crippen LogP contribution in [0.4, 0.5) is 0 Å². The lowest BCUT2D eigenvalue weighted by molar-refractivity contribution is -0.671. The first-order chi connectivity index (χ1) is 17.8. The van der Waals surface area contributed by atoms with Crippen molar-refractivity contribution in [3.05, 3.63) is 83.6 Å². The van der Waals surface area contributed by atoms with Gasteiger partial charge in [0, 0.05) is 16.5 Å². The van der Waals surface area contributed by atoms with E-state index in [9.17, 15) is 0 Å². The minimum absolute atomic E-state index is 0.348. The number of H-pyrrole nitrogens is 2. The van der Waals surface area contributed by atoms with Crippen LogP contribution >= 0.6 is 0 Å². The fraction of sp³-hybridized carbons (Fsp3) is 0.267. The van der Waals surface area contributed by atoms with Gasteiger partial charge in [-0.1, -0.05) is 43.0 Å². The minimum atomic E-state index is 0.348. The van der Waals surface area contributed by atoms with Crippen molar-refractivity contribution in [3.8, 4) is 23.1 Å². The minimum Gasteiger partial charge on any atom is -0.341 e. The predicted octanol–water partition coefficient (Wildman–Crippen LogP) is 4.40. The number of nitrogens with one attached hydrogen (secondary N) is 3. The average Bonchev–Trinajstić information content (AvgIpc) is 3.68. The Hall–Kier alpha value is -3.92. The average molecular weight is 476 g/mol. The number of rotatable bonds is 6. The summed E-state index contributed by atoms with van der Waals surface area (Å²) in [5.74, 6) is 8.70. The second-order valence-electron chi connectivity index (χ2n) is 9.52. The molecule has 2 aromatic heterocycles. The van der Waals surface area contributed by atoms with Crippen LogP contribution in [0, 0.1) is 11.8 Å². The molecule has 1 aliphatic rings. The van der Waals surface area contributed by atoms with Gasteiger partial charge in [-0.2, -0.15) is 0 Å². The van der Waals surface area contributed by atoms with Crippen molar-refractivity contribution in [2.24, 2.45) is 0 Å². The largest absolute Gasteiger partial charge is 0.341 e. The highest BCUT2D eigenvalue weighted by Crippen LogP contribution is 2.26. The Morgan fingerprint density at radius 1 is 1.00 bits per heavy atom. The van der Waals surface area contributed by atoms with Gasteiger partial charge in [0.15, 0.2) is 5.82 Å². The predicted molar refractivity (Wildman–Crippen MR) is 144 cm³/mol. The van der Waals surface area contributed by atoms with E-state index in [1.165, 1.54) is 12.8 Å². The SMILES string of the molecule is CCC[NH2+]Cc1nc2c(ccc3cc(C#Cc4ccc(-c5cnc([C@@H]6CCCN6)[nH]5)cc4)ccc32)[nH]1. The Labute approximate surface area is 211 Å². The van der Waals surface area contributed by atoms with Crippen LogP contribution in [0.3, 0.4) is 0 Å². The van der Waals surface area contributed by atoms with Gasteiger partial charge in [-0.05, 0) is 67.1 Å². The highest BCUT2D eigenvalue weighted by atomic mass is 15.0. The molecule has 3 aromatic carbocycles. The molecule has 0 aliphatic carbocycles. The Kier molecular flexibility index (Phi) is 6.25. The number of nitrogens with zero attached hydrogens (tertiary/aromatic N) is 2. The van der Waals surface area contributed by atoms with Crippen molar-refractivity contribution in [3.63, 3.8) is 0 Å². The van der Waals surface area contributed by atoms with Gasteiger partial charge in [0.25, 0.3) is 0 Å². The summed E-state index contributed by atoms with van der Waals surface area (Å²) in [4.78, 5) is 16.4. The molecule has 5 aromatic rings. The second kappa shape index (κ2) is 9.98. The van der Waals surface area contributed by atoms with Gasteiger partial charge in [-0.25, -0.2) is 9.97 Å². The number of nitrogens with two attached hydrogens (primary N) is 1. The molecule has 1 saturated heterocycles. The monoisotopic (exact) mass is 475 g/mol. The molecule has 0 radical (unpaired) electrons. The van der Waals surface area contributed by atoms with E-state index in [1.807, 2.05) is 6.20 Å². The first-order valence-corrected chi connectivity index (χ1v) is 12.9. The molecule has 1 fully saturated rings. The number of quaternary nitrogens is 1. The number of hydrogen-bond donors (Lipinski definition) is 4. The highest BCUT2D eigenvalue weighted by Gasteiger charge is 2.19. The van der Waals surface area contributed by atoms with Gasteiger partial charge in [-0.15, -0.1) is 0 Å². The summed E-state index contributed by atoms with van der Waals surface area (Å²) < 4.78 is 0. The van der Waals surface area contributed by atoms with Gasteiger partial charge in [-0.3, -0.25) is 0 Å². The molecule has 0 unspecified atom stereocenters. The van der Waals surface area contributed by atoms with Crippen LogP contribution in [0.25, 0.3) is 33.1 Å². The number of aromatic amines is 2. The smallest absolute Gasteiger partial charge is 0.162 e. The molecule has 1 aliphatic heterocycles. The van der Waals surface area contributed by atoms with Crippen molar-refractivity contribution < 1.29 is 5.32 Å². The molecular weight excluding hydrogens is 444 g/mol. The topological polar surface area (TPSA) is 86.0 Å². The third kappa shape index (κ3) is 4.64. The van der Waals surface area contributed by atoms with Crippen molar-refractivity contribution in [2.75, 3.05) is 13.1 Å². The number of fused-ring (bicyclic) bond motifs is 3. The summed E-state index contributed by atoms with van der Waals surface area (Å²) in [5.41, 5.74) is 6.28. The third-order valence-electron chi connectivity index (χ3n) is 6.88. The Balaban J connectivity index is 1.19. The van der Waals surface area contributed by atoms with E-state index in [4.69, 9.17) is 4.98 Å². The van der Waals surface area contributed by atoms with Crippen LogP contribution in [0.15, 0.2) is 60.8 Å². The molecule has 0 amide bonds. The lowest BCUT2D eigenvalue weighted by atomic mass is 10.1. The van der Waals surface area contributed by atoms with E-state index in [0.717, 1.165) is 81.9 Å². The lowest BCUT2D eigenvalue weighted by Crippen LogP contribution is -2.82. The molecule has 180 valence electrons. The summed E-state index contributed by atoms with van der Waals surface area (Å²) in [6.45, 7) is 5.26. The molecule has 36 heavy (non-hydrogen) atoms. The normalized spacial score (nSPS) is 15.4. The highest BCUT2D eigenvalue weighted by molar-refractivity contribution is 6.04. The number of hydrogen-bond acceptors (Lipinski definition) is 3. The zero-order chi connectivity index (χ0) is 24.3. The molecule has 5 N–H and O–H groups in total. The maximum atomic E-state index is 4.86. The third-order valence-corrected chi connectivity index (χ3v) is 6.88. The van der Waals surface area contributed by atoms with Crippen LogP contribution in [-0.2, 0) is 6.54 Å². The molecule has 3 heterocycles. The number of benzene rings is 3. The molecule has 0 bridgehead atoms. The van der Waals surface area contributed by atoms with Crippen LogP contribution < -0.4 is 10.6 Å². The molecule has 1 atom stereocenters. The van der Waals surface area contributed by atoms with E-state index in [2.05, 4.69) is 98.9 Å². The molecule has 6 nitrogen and oxygen atoms in total. The van der Waals surface area contributed by atoms with Crippen LogP contribution in [-0.4, -0.2) is 33.0 Å². The fourth-order valence-corrected chi connectivity index (χ4v) is 4.93. The van der Waals surface area contributed by atoms with Gasteiger partial charge >= 0.3 is 0 Å². The van der Waals surface area contributed by atoms with Gasteiger partial charge in [0.2, 0.25) is 0 Å². The van der Waals surface area contributed by atoms with Crippen molar-refractivity contribution in [1.82, 2.24) is 25.3 Å². The van der Waals surface area contributed by atoms with E-state index in [1.54, 1.807) is 0 Å². The lowest BCUT2D eigenvalue weighted by Gasteiger charge is -2.05. The number of imidazole rings is 2. The van der Waals surface area contributed by atoms with E-state index >= 15 is 0 Å². The van der Waals surface area contributed by atoms with Crippen molar-refractivity contribution >= 4 is 21.8 Å². The Bertz CT molecular complexity index is 1560. The molecular formula is C30H31N6+. The standard InChI is InChI=1S/C30H30N6/c1-2-15-31-19-28-34-25-14-12-23-17-21(9-13-24(23)29(25)36-28)6-5-20-7-10-22(11-8-20)27-18-33-30(35-27)26-4-3-16-32-26/h7-14,17-18,26,31-32H,2-4,15-16,19H2,1H3,(H,33,35)(H,34,36)/p+1/t26-/m0/s1. The van der Waals surface area contributed by atoms with E-state index in [0.29, 0.717) is 6.04 Å². The van der Waals surface area contributed by atoms with E-state index in [-0.39, 0.29) is 0 Å². The fourth-order valence-electron chi connectivity index (χ4n) is 4.93. The zero-order valence-corrected chi connectivity index (χ0v) is 20.6. The summed E-state index contributed by atoms with van der Waals surface area (Å²) in [6.07, 6.45) is 5.44. The van der Waals surface area contributed by atoms with E-state index < -0.39 is 0 Å². The maximum Gasteiger partial charge on any atom is 0.162 e. The molecule has 6 rings (SSSR count). The molecule has 6 heteroatoms. The Morgan fingerprint density at radius 3 is 2.69 bits per heavy atom. The Morgan fingerprint density at radius 2 is 1.86 bits per heavy atom.